The Bertz CT molecular complexity index is 122. The minimum absolute atomic E-state index is 0.632. The van der Waals surface area contributed by atoms with E-state index in [1.54, 1.807) is 10.7 Å². The Hall–Kier alpha value is -0.500. The van der Waals surface area contributed by atoms with Crippen molar-refractivity contribution in [3.63, 3.8) is 0 Å². The number of allylic oxidation sites excluding steroid dienone is 1. The second-order valence-corrected chi connectivity index (χ2v) is 1.96. The van der Waals surface area contributed by atoms with Gasteiger partial charge in [0.2, 0.25) is 0 Å². The Morgan fingerprint density at radius 1 is 1.62 bits per heavy atom. The standard InChI is InChI=1S/C5H9ClN2/c1-8(2)5(6)3-4-7/h3-4,7H,1-2H3/p+1. The second kappa shape index (κ2) is 3.50. The molecule has 0 aromatic carbocycles. The SMILES string of the molecule is C[N+](C)=C(Cl)C=CN. The highest BCUT2D eigenvalue weighted by molar-refractivity contribution is 6.66. The smallest absolute Gasteiger partial charge is 0.270 e. The molecule has 0 bridgehead atoms. The molecule has 0 aromatic rings. The summed E-state index contributed by atoms with van der Waals surface area (Å²) in [7, 11) is 3.70. The molecule has 0 aliphatic carbocycles. The molecule has 3 heteroatoms. The minimum atomic E-state index is 0.632. The Kier molecular flexibility index (Phi) is 3.28. The van der Waals surface area contributed by atoms with Gasteiger partial charge in [-0.2, -0.15) is 0 Å². The predicted molar refractivity (Wildman–Crippen MR) is 36.3 cm³/mol. The Labute approximate surface area is 54.3 Å². The number of hydrogen-bond acceptors (Lipinski definition) is 1. The summed E-state index contributed by atoms with van der Waals surface area (Å²) in [5.74, 6) is 0. The quantitative estimate of drug-likeness (QED) is 0.407. The maximum Gasteiger partial charge on any atom is 0.270 e. The molecule has 0 rings (SSSR count). The van der Waals surface area contributed by atoms with Gasteiger partial charge >= 0.3 is 0 Å². The monoisotopic (exact) mass is 133 g/mol. The van der Waals surface area contributed by atoms with Crippen molar-refractivity contribution in [2.75, 3.05) is 14.1 Å². The first-order valence-corrected chi connectivity index (χ1v) is 2.64. The lowest BCUT2D eigenvalue weighted by atomic mass is 10.6. The van der Waals surface area contributed by atoms with E-state index in [2.05, 4.69) is 0 Å². The van der Waals surface area contributed by atoms with E-state index in [0.717, 1.165) is 0 Å². The maximum atomic E-state index is 5.59. The molecule has 0 atom stereocenters. The van der Waals surface area contributed by atoms with E-state index in [1.807, 2.05) is 14.1 Å². The lowest BCUT2D eigenvalue weighted by Crippen LogP contribution is -2.03. The van der Waals surface area contributed by atoms with E-state index in [0.29, 0.717) is 5.17 Å². The van der Waals surface area contributed by atoms with E-state index in [1.165, 1.54) is 6.20 Å². The summed E-state index contributed by atoms with van der Waals surface area (Å²) in [6.07, 6.45) is 3.03. The van der Waals surface area contributed by atoms with Crippen molar-refractivity contribution in [1.82, 2.24) is 0 Å². The summed E-state index contributed by atoms with van der Waals surface area (Å²) >= 11 is 5.59. The number of nitrogens with two attached hydrogens (primary N) is 1. The molecule has 0 aliphatic heterocycles. The zero-order valence-corrected chi connectivity index (χ0v) is 5.81. The van der Waals surface area contributed by atoms with E-state index in [4.69, 9.17) is 17.3 Å². The number of halogens is 1. The van der Waals surface area contributed by atoms with Crippen LogP contribution in [0.25, 0.3) is 0 Å². The largest absolute Gasteiger partial charge is 0.404 e. The van der Waals surface area contributed by atoms with E-state index < -0.39 is 0 Å². The van der Waals surface area contributed by atoms with Crippen LogP contribution in [0.4, 0.5) is 0 Å². The van der Waals surface area contributed by atoms with Crippen molar-refractivity contribution in [3.05, 3.63) is 12.3 Å². The van der Waals surface area contributed by atoms with Crippen LogP contribution in [0.1, 0.15) is 0 Å². The highest BCUT2D eigenvalue weighted by Crippen LogP contribution is 1.82. The molecule has 0 aromatic heterocycles. The van der Waals surface area contributed by atoms with E-state index in [9.17, 15) is 0 Å². The van der Waals surface area contributed by atoms with Gasteiger partial charge in [-0.3, -0.25) is 0 Å². The van der Waals surface area contributed by atoms with Crippen LogP contribution in [-0.2, 0) is 0 Å². The maximum absolute atomic E-state index is 5.59. The molecule has 8 heavy (non-hydrogen) atoms. The van der Waals surface area contributed by atoms with Gasteiger partial charge in [0.25, 0.3) is 5.17 Å². The fraction of sp³-hybridized carbons (Fsp3) is 0.400. The van der Waals surface area contributed by atoms with Crippen LogP contribution in [0.15, 0.2) is 12.3 Å². The van der Waals surface area contributed by atoms with Gasteiger partial charge in [0, 0.05) is 12.3 Å². The van der Waals surface area contributed by atoms with Gasteiger partial charge in [0.15, 0.2) is 0 Å². The summed E-state index contributed by atoms with van der Waals surface area (Å²) in [5, 5.41) is 0.632. The summed E-state index contributed by atoms with van der Waals surface area (Å²) in [5.41, 5.74) is 5.05. The van der Waals surface area contributed by atoms with Crippen molar-refractivity contribution in [3.8, 4) is 0 Å². The topological polar surface area (TPSA) is 29.0 Å². The lowest BCUT2D eigenvalue weighted by molar-refractivity contribution is -0.461. The van der Waals surface area contributed by atoms with Crippen LogP contribution in [-0.4, -0.2) is 23.8 Å². The second-order valence-electron chi connectivity index (χ2n) is 1.58. The van der Waals surface area contributed by atoms with Gasteiger partial charge in [-0.25, -0.2) is 4.58 Å². The minimum Gasteiger partial charge on any atom is -0.404 e. The number of hydrogen-bond donors (Lipinski definition) is 1. The van der Waals surface area contributed by atoms with Crippen LogP contribution in [0.5, 0.6) is 0 Å². The zero-order chi connectivity index (χ0) is 6.57. The van der Waals surface area contributed by atoms with Crippen molar-refractivity contribution < 1.29 is 4.58 Å². The molecule has 0 radical (unpaired) electrons. The molecule has 0 unspecified atom stereocenters. The third kappa shape index (κ3) is 2.64. The van der Waals surface area contributed by atoms with Gasteiger partial charge < -0.3 is 5.73 Å². The van der Waals surface area contributed by atoms with E-state index in [-0.39, 0.29) is 0 Å². The average Bonchev–Trinajstić information content (AvgIpc) is 1.67. The van der Waals surface area contributed by atoms with Crippen molar-refractivity contribution in [1.29, 1.82) is 0 Å². The highest BCUT2D eigenvalue weighted by atomic mass is 35.5. The Morgan fingerprint density at radius 3 is 2.25 bits per heavy atom. The molecule has 0 saturated carbocycles. The molecular weight excluding hydrogens is 124 g/mol. The van der Waals surface area contributed by atoms with Crippen LogP contribution in [0.3, 0.4) is 0 Å². The molecule has 2 nitrogen and oxygen atoms in total. The van der Waals surface area contributed by atoms with Crippen molar-refractivity contribution in [2.24, 2.45) is 5.73 Å². The predicted octanol–water partition coefficient (Wildman–Crippen LogP) is 0.368. The van der Waals surface area contributed by atoms with Gasteiger partial charge in [0.1, 0.15) is 14.1 Å². The fourth-order valence-electron chi connectivity index (χ4n) is 0.228. The molecule has 0 aliphatic rings. The number of nitrogens with zero attached hydrogens (tertiary/aromatic N) is 1. The Morgan fingerprint density at radius 2 is 2.12 bits per heavy atom. The lowest BCUT2D eigenvalue weighted by Gasteiger charge is -1.83. The normalized spacial score (nSPS) is 9.88. The first-order valence-electron chi connectivity index (χ1n) is 2.26. The summed E-state index contributed by atoms with van der Waals surface area (Å²) < 4.78 is 1.77. The van der Waals surface area contributed by atoms with E-state index >= 15 is 0 Å². The van der Waals surface area contributed by atoms with Gasteiger partial charge in [-0.15, -0.1) is 0 Å². The third-order valence-corrected chi connectivity index (χ3v) is 1.13. The van der Waals surface area contributed by atoms with Gasteiger partial charge in [0.05, 0.1) is 0 Å². The first kappa shape index (κ1) is 7.50. The zero-order valence-electron chi connectivity index (χ0n) is 5.06. The van der Waals surface area contributed by atoms with Crippen LogP contribution in [0, 0.1) is 0 Å². The van der Waals surface area contributed by atoms with Crippen LogP contribution in [0.2, 0.25) is 0 Å². The summed E-state index contributed by atoms with van der Waals surface area (Å²) in [6.45, 7) is 0. The third-order valence-electron chi connectivity index (χ3n) is 0.661. The van der Waals surface area contributed by atoms with Gasteiger partial charge in [-0.05, 0) is 11.6 Å². The highest BCUT2D eigenvalue weighted by Gasteiger charge is 1.92. The van der Waals surface area contributed by atoms with Crippen molar-refractivity contribution >= 4 is 16.8 Å². The summed E-state index contributed by atoms with van der Waals surface area (Å²) in [6, 6.07) is 0. The van der Waals surface area contributed by atoms with Crippen LogP contribution >= 0.6 is 11.6 Å². The molecule has 0 amide bonds. The fourth-order valence-corrected chi connectivity index (χ4v) is 0.301. The van der Waals surface area contributed by atoms with Crippen molar-refractivity contribution in [2.45, 2.75) is 0 Å². The molecule has 0 saturated heterocycles. The molecule has 46 valence electrons. The van der Waals surface area contributed by atoms with Gasteiger partial charge in [-0.1, -0.05) is 0 Å². The molecular formula is C5H10ClN2+. The molecule has 0 fully saturated rings. The Balaban J connectivity index is 4.00. The molecule has 0 spiro atoms. The summed E-state index contributed by atoms with van der Waals surface area (Å²) in [4.78, 5) is 0. The van der Waals surface area contributed by atoms with Crippen LogP contribution < -0.4 is 5.73 Å². The average molecular weight is 134 g/mol. The first-order chi connectivity index (χ1) is 3.68. The number of rotatable bonds is 1. The molecule has 2 N–H and O–H groups in total. The molecule has 0 heterocycles.